The molecule has 16 heteroatoms. The van der Waals surface area contributed by atoms with Crippen LogP contribution in [0.25, 0.3) is 0 Å². The third-order valence-electron chi connectivity index (χ3n) is 6.78. The van der Waals surface area contributed by atoms with Crippen molar-refractivity contribution in [3.63, 3.8) is 0 Å². The molecule has 0 aromatic rings. The molecular weight excluding hydrogens is 686 g/mol. The van der Waals surface area contributed by atoms with Crippen LogP contribution in [-0.4, -0.2) is 142 Å². The number of hydrogen-bond acceptors (Lipinski definition) is 6. The quantitative estimate of drug-likeness (QED) is 0.117. The van der Waals surface area contributed by atoms with E-state index >= 15 is 0 Å². The summed E-state index contributed by atoms with van der Waals surface area (Å²) in [4.78, 5) is 57.1. The maximum atomic E-state index is 11.6. The predicted molar refractivity (Wildman–Crippen MR) is 198 cm³/mol. The maximum absolute atomic E-state index is 11.6. The molecule has 0 rings (SSSR count). The standard InChI is InChI=1S/3C10H21N3OS.Fe/c3*1-5-12(6-2)9(14)11-10(15)13(7-3)8-4;/h3*5-8H2,1-4H3,(H,11,14,15);/q;;;+3/p-3. The largest absolute Gasteiger partial charge is 3.00 e. The smallest absolute Gasteiger partial charge is 0.742 e. The van der Waals surface area contributed by atoms with E-state index in [-0.39, 0.29) is 35.2 Å². The van der Waals surface area contributed by atoms with Crippen molar-refractivity contribution >= 4 is 71.5 Å². The predicted octanol–water partition coefficient (Wildman–Crippen LogP) is 5.08. The van der Waals surface area contributed by atoms with Crippen LogP contribution in [0, 0.1) is 0 Å². The van der Waals surface area contributed by atoms with E-state index in [4.69, 9.17) is 37.9 Å². The zero-order valence-electron chi connectivity index (χ0n) is 30.3. The number of hydrogen-bond donors (Lipinski definition) is 0. The summed E-state index contributed by atoms with van der Waals surface area (Å²) in [6.45, 7) is 32.2. The summed E-state index contributed by atoms with van der Waals surface area (Å²) in [6, 6.07) is -0.717. The van der Waals surface area contributed by atoms with Crippen molar-refractivity contribution in [2.24, 2.45) is 15.0 Å². The van der Waals surface area contributed by atoms with Gasteiger partial charge in [0.15, 0.2) is 0 Å². The Morgan fingerprint density at radius 2 is 0.478 bits per heavy atom. The van der Waals surface area contributed by atoms with Gasteiger partial charge in [0.2, 0.25) is 0 Å². The molecule has 0 N–H and O–H groups in total. The van der Waals surface area contributed by atoms with E-state index in [1.165, 1.54) is 0 Å². The molecule has 6 amide bonds. The van der Waals surface area contributed by atoms with Crippen molar-refractivity contribution in [2.45, 2.75) is 83.1 Å². The average molecular weight is 747 g/mol. The van der Waals surface area contributed by atoms with Crippen LogP contribution in [0.3, 0.4) is 0 Å². The first-order valence-electron chi connectivity index (χ1n) is 16.2. The SMILES string of the molecule is CCN(CC)C(=O)/N=C(\[S-])N(CC)CC.CCN(CC)C(=O)/N=C(\[S-])N(CC)CC.CCN(CC)C(=O)/N=C(\[S-])N(CC)CC.[Fe+3]. The molecule has 0 spiro atoms. The Morgan fingerprint density at radius 1 is 0.348 bits per heavy atom. The molecule has 0 fully saturated rings. The van der Waals surface area contributed by atoms with Crippen molar-refractivity contribution in [3.05, 3.63) is 0 Å². The number of amidine groups is 3. The molecular formula is C30H60FeN9O3S3. The van der Waals surface area contributed by atoms with Gasteiger partial charge in [-0.1, -0.05) is 0 Å². The summed E-state index contributed by atoms with van der Waals surface area (Å²) in [5, 5.41) is 1.16. The van der Waals surface area contributed by atoms with Gasteiger partial charge in [-0.05, 0) is 98.6 Å². The summed E-state index contributed by atoms with van der Waals surface area (Å²) in [5.74, 6) is 0. The van der Waals surface area contributed by atoms with Crippen molar-refractivity contribution in [1.82, 2.24) is 29.4 Å². The Hall–Kier alpha value is -2.00. The number of nitrogens with zero attached hydrogens (tertiary/aromatic N) is 9. The molecule has 1 radical (unpaired) electrons. The topological polar surface area (TPSA) is 108 Å². The fourth-order valence-corrected chi connectivity index (χ4v) is 4.64. The van der Waals surface area contributed by atoms with E-state index in [0.717, 1.165) is 39.3 Å². The molecule has 0 aromatic carbocycles. The van der Waals surface area contributed by atoms with Gasteiger partial charge in [-0.25, -0.2) is 29.4 Å². The van der Waals surface area contributed by atoms with Crippen LogP contribution in [0.4, 0.5) is 14.4 Å². The molecule has 0 bridgehead atoms. The van der Waals surface area contributed by atoms with Gasteiger partial charge in [0.25, 0.3) is 0 Å². The van der Waals surface area contributed by atoms with E-state index in [0.29, 0.717) is 54.8 Å². The van der Waals surface area contributed by atoms with E-state index in [1.807, 2.05) is 97.8 Å². The summed E-state index contributed by atoms with van der Waals surface area (Å²) < 4.78 is 0. The Balaban J connectivity index is -0.000000285. The molecule has 0 aliphatic rings. The summed E-state index contributed by atoms with van der Waals surface area (Å²) in [5.41, 5.74) is 0. The molecule has 46 heavy (non-hydrogen) atoms. The second-order valence-electron chi connectivity index (χ2n) is 9.06. The third kappa shape index (κ3) is 21.0. The minimum Gasteiger partial charge on any atom is -0.742 e. The molecule has 0 aliphatic carbocycles. The van der Waals surface area contributed by atoms with Gasteiger partial charge in [-0.3, -0.25) is 0 Å². The minimum atomic E-state index is -0.239. The van der Waals surface area contributed by atoms with E-state index in [1.54, 1.807) is 14.7 Å². The Kier molecular flexibility index (Phi) is 34.9. The van der Waals surface area contributed by atoms with Crippen molar-refractivity contribution in [2.75, 3.05) is 78.5 Å². The van der Waals surface area contributed by atoms with E-state index < -0.39 is 0 Å². The molecule has 0 aromatic heterocycles. The molecule has 0 saturated heterocycles. The number of carbonyl (C=O) groups excluding carboxylic acids is 3. The van der Waals surface area contributed by atoms with Crippen LogP contribution in [0.5, 0.6) is 0 Å². The van der Waals surface area contributed by atoms with Crippen LogP contribution in [0.1, 0.15) is 83.1 Å². The van der Waals surface area contributed by atoms with Gasteiger partial charge in [0.1, 0.15) is 0 Å². The Bertz CT molecular complexity index is 789. The summed E-state index contributed by atoms with van der Waals surface area (Å²) in [6.07, 6.45) is 0. The fraction of sp³-hybridized carbons (Fsp3) is 0.800. The maximum Gasteiger partial charge on any atom is 3.00 e. The second-order valence-corrected chi connectivity index (χ2v) is 10.2. The molecule has 0 aliphatic heterocycles. The van der Waals surface area contributed by atoms with Gasteiger partial charge >= 0.3 is 35.2 Å². The number of carbonyl (C=O) groups is 3. The van der Waals surface area contributed by atoms with Crippen molar-refractivity contribution in [1.29, 1.82) is 0 Å². The Morgan fingerprint density at radius 3 is 0.587 bits per heavy atom. The minimum absolute atomic E-state index is 0. The summed E-state index contributed by atoms with van der Waals surface area (Å²) in [7, 11) is 0. The van der Waals surface area contributed by atoms with Crippen LogP contribution < -0.4 is 0 Å². The molecule has 269 valence electrons. The van der Waals surface area contributed by atoms with E-state index in [2.05, 4.69) is 15.0 Å². The zero-order chi connectivity index (χ0) is 35.5. The first-order chi connectivity index (χ1) is 21.3. The Labute approximate surface area is 307 Å². The third-order valence-corrected chi connectivity index (χ3v) is 7.83. The molecule has 0 unspecified atom stereocenters. The zero-order valence-corrected chi connectivity index (χ0v) is 33.9. The van der Waals surface area contributed by atoms with Gasteiger partial charge in [0, 0.05) is 78.5 Å². The molecule has 0 heterocycles. The second kappa shape index (κ2) is 31.6. The van der Waals surface area contributed by atoms with Crippen molar-refractivity contribution in [3.8, 4) is 0 Å². The normalized spacial score (nSPS) is 11.1. The van der Waals surface area contributed by atoms with Crippen LogP contribution in [0.15, 0.2) is 15.0 Å². The van der Waals surface area contributed by atoms with Crippen molar-refractivity contribution < 1.29 is 31.5 Å². The van der Waals surface area contributed by atoms with E-state index in [9.17, 15) is 14.4 Å². The molecule has 0 atom stereocenters. The first kappa shape index (κ1) is 50.8. The van der Waals surface area contributed by atoms with Crippen LogP contribution >= 0.6 is 0 Å². The van der Waals surface area contributed by atoms with Gasteiger partial charge in [-0.15, -0.1) is 0 Å². The number of amides is 6. The van der Waals surface area contributed by atoms with Crippen LogP contribution in [0.2, 0.25) is 0 Å². The molecule has 12 nitrogen and oxygen atoms in total. The first-order valence-corrected chi connectivity index (χ1v) is 17.4. The molecule has 0 saturated carbocycles. The number of aliphatic imine (C=N–C) groups is 3. The number of rotatable bonds is 12. The van der Waals surface area contributed by atoms with Gasteiger partial charge in [-0.2, -0.15) is 0 Å². The van der Waals surface area contributed by atoms with Gasteiger partial charge < -0.3 is 67.3 Å². The summed E-state index contributed by atoms with van der Waals surface area (Å²) >= 11 is 15.2. The van der Waals surface area contributed by atoms with Crippen LogP contribution in [-0.2, 0) is 55.0 Å². The average Bonchev–Trinajstić information content (AvgIpc) is 3.01. The van der Waals surface area contributed by atoms with Gasteiger partial charge in [0.05, 0.1) is 0 Å². The monoisotopic (exact) mass is 746 g/mol. The fourth-order valence-electron chi connectivity index (χ4n) is 3.63. The number of urea groups is 3.